The molecule has 1 amide bonds. The van der Waals surface area contributed by atoms with Crippen molar-refractivity contribution in [1.82, 2.24) is 4.90 Å². The standard InChI is InChI=1S/C27H23NO7/c1-32-19-9-7-17(8-10-19)25(29)23-24(18-4-3-5-20(13-18)33-2)28(27(31)26(23)30)14-16-6-11-21-22(12-16)35-15-34-21/h3-13,24,29H,14-15H2,1-2H3/b25-23+. The summed E-state index contributed by atoms with van der Waals surface area (Å²) < 4.78 is 21.4. The first kappa shape index (κ1) is 22.3. The lowest BCUT2D eigenvalue weighted by atomic mass is 9.95. The molecule has 0 aliphatic carbocycles. The number of ether oxygens (including phenoxy) is 4. The number of likely N-dealkylation sites (tertiary alicyclic amines) is 1. The molecule has 0 saturated carbocycles. The van der Waals surface area contributed by atoms with Crippen LogP contribution in [0.15, 0.2) is 72.3 Å². The van der Waals surface area contributed by atoms with Crippen LogP contribution in [0.25, 0.3) is 5.76 Å². The number of carbonyl (C=O) groups excluding carboxylic acids is 2. The number of fused-ring (bicyclic) bond motifs is 1. The van der Waals surface area contributed by atoms with E-state index in [1.54, 1.807) is 74.9 Å². The van der Waals surface area contributed by atoms with Crippen LogP contribution >= 0.6 is 0 Å². The lowest BCUT2D eigenvalue weighted by Gasteiger charge is -2.26. The maximum atomic E-state index is 13.3. The average Bonchev–Trinajstić information content (AvgIpc) is 3.46. The third-order valence-corrected chi connectivity index (χ3v) is 6.10. The molecular formula is C27H23NO7. The van der Waals surface area contributed by atoms with E-state index in [0.29, 0.717) is 34.1 Å². The summed E-state index contributed by atoms with van der Waals surface area (Å²) in [6, 6.07) is 18.3. The second-order valence-electron chi connectivity index (χ2n) is 8.12. The number of hydrogen-bond donors (Lipinski definition) is 1. The van der Waals surface area contributed by atoms with Crippen molar-refractivity contribution in [1.29, 1.82) is 0 Å². The van der Waals surface area contributed by atoms with Gasteiger partial charge in [-0.3, -0.25) is 9.59 Å². The number of rotatable bonds is 6. The minimum Gasteiger partial charge on any atom is -0.507 e. The number of amides is 1. The Bertz CT molecular complexity index is 1330. The zero-order valence-electron chi connectivity index (χ0n) is 19.2. The van der Waals surface area contributed by atoms with Crippen molar-refractivity contribution in [3.8, 4) is 23.0 Å². The summed E-state index contributed by atoms with van der Waals surface area (Å²) in [7, 11) is 3.08. The summed E-state index contributed by atoms with van der Waals surface area (Å²) in [6.45, 7) is 0.261. The van der Waals surface area contributed by atoms with Crippen LogP contribution in [0.2, 0.25) is 0 Å². The molecule has 8 heteroatoms. The zero-order chi connectivity index (χ0) is 24.5. The molecule has 0 radical (unpaired) electrons. The fraction of sp³-hybridized carbons (Fsp3) is 0.185. The van der Waals surface area contributed by atoms with Crippen LogP contribution in [0.1, 0.15) is 22.7 Å². The van der Waals surface area contributed by atoms with Crippen molar-refractivity contribution in [3.05, 3.63) is 89.0 Å². The maximum Gasteiger partial charge on any atom is 0.295 e. The topological polar surface area (TPSA) is 94.5 Å². The van der Waals surface area contributed by atoms with E-state index in [2.05, 4.69) is 0 Å². The first-order valence-corrected chi connectivity index (χ1v) is 11.0. The van der Waals surface area contributed by atoms with Gasteiger partial charge in [-0.2, -0.15) is 0 Å². The number of nitrogens with zero attached hydrogens (tertiary/aromatic N) is 1. The predicted octanol–water partition coefficient (Wildman–Crippen LogP) is 4.05. The number of benzene rings is 3. The smallest absolute Gasteiger partial charge is 0.295 e. The fourth-order valence-corrected chi connectivity index (χ4v) is 4.34. The zero-order valence-corrected chi connectivity index (χ0v) is 19.2. The van der Waals surface area contributed by atoms with E-state index >= 15 is 0 Å². The molecule has 8 nitrogen and oxygen atoms in total. The van der Waals surface area contributed by atoms with Crippen molar-refractivity contribution >= 4 is 17.4 Å². The van der Waals surface area contributed by atoms with Gasteiger partial charge in [0.15, 0.2) is 11.5 Å². The van der Waals surface area contributed by atoms with E-state index in [1.807, 2.05) is 6.07 Å². The summed E-state index contributed by atoms with van der Waals surface area (Å²) >= 11 is 0. The second kappa shape index (κ2) is 9.06. The molecule has 1 N–H and O–H groups in total. The van der Waals surface area contributed by atoms with Crippen LogP contribution in [0.4, 0.5) is 0 Å². The van der Waals surface area contributed by atoms with Gasteiger partial charge in [-0.1, -0.05) is 18.2 Å². The number of hydrogen-bond acceptors (Lipinski definition) is 7. The van der Waals surface area contributed by atoms with E-state index in [1.165, 1.54) is 4.90 Å². The van der Waals surface area contributed by atoms with E-state index in [0.717, 1.165) is 5.56 Å². The van der Waals surface area contributed by atoms with Gasteiger partial charge in [0, 0.05) is 12.1 Å². The van der Waals surface area contributed by atoms with Crippen LogP contribution in [0.5, 0.6) is 23.0 Å². The van der Waals surface area contributed by atoms with Crippen LogP contribution in [-0.4, -0.2) is 42.7 Å². The molecule has 35 heavy (non-hydrogen) atoms. The predicted molar refractivity (Wildman–Crippen MR) is 126 cm³/mol. The molecular weight excluding hydrogens is 450 g/mol. The Hall–Kier alpha value is -4.46. The first-order valence-electron chi connectivity index (χ1n) is 11.0. The number of Topliss-reactive ketones (excluding diaryl/α,β-unsaturated/α-hetero) is 1. The monoisotopic (exact) mass is 473 g/mol. The van der Waals surface area contributed by atoms with Crippen LogP contribution in [0.3, 0.4) is 0 Å². The number of methoxy groups -OCH3 is 2. The van der Waals surface area contributed by atoms with E-state index < -0.39 is 17.7 Å². The highest BCUT2D eigenvalue weighted by atomic mass is 16.7. The molecule has 0 bridgehead atoms. The van der Waals surface area contributed by atoms with E-state index in [-0.39, 0.29) is 24.7 Å². The summed E-state index contributed by atoms with van der Waals surface area (Å²) in [5, 5.41) is 11.2. The Morgan fingerprint density at radius 3 is 2.43 bits per heavy atom. The van der Waals surface area contributed by atoms with Gasteiger partial charge in [-0.25, -0.2) is 0 Å². The minimum absolute atomic E-state index is 0.00848. The highest BCUT2D eigenvalue weighted by Gasteiger charge is 2.46. The Balaban J connectivity index is 1.61. The van der Waals surface area contributed by atoms with Crippen molar-refractivity contribution in [2.45, 2.75) is 12.6 Å². The van der Waals surface area contributed by atoms with Gasteiger partial charge in [0.05, 0.1) is 25.8 Å². The van der Waals surface area contributed by atoms with Gasteiger partial charge in [0.1, 0.15) is 17.3 Å². The summed E-state index contributed by atoms with van der Waals surface area (Å²) in [5.74, 6) is 0.661. The quantitative estimate of drug-likeness (QED) is 0.328. The fourth-order valence-electron chi connectivity index (χ4n) is 4.34. The van der Waals surface area contributed by atoms with Gasteiger partial charge >= 0.3 is 0 Å². The third-order valence-electron chi connectivity index (χ3n) is 6.10. The van der Waals surface area contributed by atoms with Crippen molar-refractivity contribution in [2.24, 2.45) is 0 Å². The van der Waals surface area contributed by atoms with Gasteiger partial charge in [0.2, 0.25) is 6.79 Å². The van der Waals surface area contributed by atoms with Gasteiger partial charge in [-0.15, -0.1) is 0 Å². The molecule has 2 aliphatic heterocycles. The largest absolute Gasteiger partial charge is 0.507 e. The molecule has 1 fully saturated rings. The Morgan fingerprint density at radius 2 is 1.69 bits per heavy atom. The molecule has 2 aliphatic rings. The second-order valence-corrected chi connectivity index (χ2v) is 8.12. The Morgan fingerprint density at radius 1 is 0.943 bits per heavy atom. The normalized spacial score (nSPS) is 18.1. The van der Waals surface area contributed by atoms with E-state index in [9.17, 15) is 14.7 Å². The van der Waals surface area contributed by atoms with Crippen molar-refractivity contribution in [2.75, 3.05) is 21.0 Å². The summed E-state index contributed by atoms with van der Waals surface area (Å²) in [6.07, 6.45) is 0. The van der Waals surface area contributed by atoms with E-state index in [4.69, 9.17) is 18.9 Å². The molecule has 178 valence electrons. The van der Waals surface area contributed by atoms with Crippen molar-refractivity contribution < 1.29 is 33.6 Å². The molecule has 3 aromatic carbocycles. The van der Waals surface area contributed by atoms with Gasteiger partial charge < -0.3 is 29.0 Å². The van der Waals surface area contributed by atoms with Crippen molar-refractivity contribution in [3.63, 3.8) is 0 Å². The van der Waals surface area contributed by atoms with Crippen LogP contribution in [0, 0.1) is 0 Å². The first-order chi connectivity index (χ1) is 17.0. The highest BCUT2D eigenvalue weighted by Crippen LogP contribution is 2.42. The average molecular weight is 473 g/mol. The molecule has 3 aromatic rings. The number of aliphatic hydroxyl groups excluding tert-OH is 1. The third kappa shape index (κ3) is 4.03. The number of ketones is 1. The highest BCUT2D eigenvalue weighted by molar-refractivity contribution is 6.46. The Kier molecular flexibility index (Phi) is 5.78. The Labute approximate surface area is 201 Å². The van der Waals surface area contributed by atoms with Gasteiger partial charge in [-0.05, 0) is 59.7 Å². The molecule has 0 spiro atoms. The molecule has 2 heterocycles. The minimum atomic E-state index is -0.822. The lowest BCUT2D eigenvalue weighted by Crippen LogP contribution is -2.29. The van der Waals surface area contributed by atoms with Crippen LogP contribution in [-0.2, 0) is 16.1 Å². The summed E-state index contributed by atoms with van der Waals surface area (Å²) in [4.78, 5) is 28.0. The molecule has 5 rings (SSSR count). The summed E-state index contributed by atoms with van der Waals surface area (Å²) in [5.41, 5.74) is 1.81. The molecule has 1 unspecified atom stereocenters. The SMILES string of the molecule is COc1ccc(/C(O)=C2\C(=O)C(=O)N(Cc3ccc4c(c3)OCO4)C2c2cccc(OC)c2)cc1. The molecule has 0 aromatic heterocycles. The van der Waals surface area contributed by atoms with Gasteiger partial charge in [0.25, 0.3) is 11.7 Å². The lowest BCUT2D eigenvalue weighted by molar-refractivity contribution is -0.140. The maximum absolute atomic E-state index is 13.3. The number of aliphatic hydroxyl groups is 1. The molecule has 1 saturated heterocycles. The molecule has 1 atom stereocenters. The number of carbonyl (C=O) groups is 2. The van der Waals surface area contributed by atoms with Crippen LogP contribution < -0.4 is 18.9 Å².